The number of amides is 1. The number of carbonyl (C=O) groups excluding carboxylic acids is 1. The van der Waals surface area contributed by atoms with Crippen molar-refractivity contribution in [3.8, 4) is 11.4 Å². The van der Waals surface area contributed by atoms with Crippen LogP contribution in [0.5, 0.6) is 5.75 Å². The topological polar surface area (TPSA) is 56.1 Å². The molecule has 5 nitrogen and oxygen atoms in total. The molecule has 1 N–H and O–H groups in total. The lowest BCUT2D eigenvalue weighted by molar-refractivity contribution is 0.0933. The lowest BCUT2D eigenvalue weighted by atomic mass is 10.1. The van der Waals surface area contributed by atoms with Crippen LogP contribution in [0.1, 0.15) is 15.9 Å². The van der Waals surface area contributed by atoms with Crippen LogP contribution in [0.4, 0.5) is 0 Å². The fourth-order valence-corrected chi connectivity index (χ4v) is 3.19. The smallest absolute Gasteiger partial charge is 0.251 e. The minimum atomic E-state index is -0.118. The Morgan fingerprint density at radius 2 is 2.16 bits per heavy atom. The molecule has 1 amide bonds. The average Bonchev–Trinajstić information content (AvgIpc) is 3.25. The fourth-order valence-electron chi connectivity index (χ4n) is 2.91. The highest BCUT2D eigenvalue weighted by Crippen LogP contribution is 2.27. The quantitative estimate of drug-likeness (QED) is 0.733. The van der Waals surface area contributed by atoms with Gasteiger partial charge in [0.15, 0.2) is 0 Å². The molecule has 0 aliphatic carbocycles. The van der Waals surface area contributed by atoms with Gasteiger partial charge < -0.3 is 10.1 Å². The van der Waals surface area contributed by atoms with Gasteiger partial charge >= 0.3 is 0 Å². The van der Waals surface area contributed by atoms with Crippen molar-refractivity contribution in [1.29, 1.82) is 0 Å². The SMILES string of the molecule is O=C(NCC1Cc2ccccc2O1)c1cccc(-n2cc(Br)cn2)c1. The third kappa shape index (κ3) is 3.44. The summed E-state index contributed by atoms with van der Waals surface area (Å²) in [5.41, 5.74) is 2.62. The number of rotatable bonds is 4. The van der Waals surface area contributed by atoms with Crippen molar-refractivity contribution in [1.82, 2.24) is 15.1 Å². The highest BCUT2D eigenvalue weighted by Gasteiger charge is 2.22. The van der Waals surface area contributed by atoms with Gasteiger partial charge in [-0.1, -0.05) is 24.3 Å². The molecule has 0 fully saturated rings. The van der Waals surface area contributed by atoms with Crippen molar-refractivity contribution in [3.63, 3.8) is 0 Å². The Morgan fingerprint density at radius 3 is 2.96 bits per heavy atom. The Hall–Kier alpha value is -2.60. The van der Waals surface area contributed by atoms with E-state index in [1.807, 2.05) is 42.6 Å². The van der Waals surface area contributed by atoms with Crippen LogP contribution in [0, 0.1) is 0 Å². The first-order chi connectivity index (χ1) is 12.2. The number of halogens is 1. The van der Waals surface area contributed by atoms with Gasteiger partial charge in [-0.05, 0) is 45.8 Å². The van der Waals surface area contributed by atoms with Crippen LogP contribution in [0.3, 0.4) is 0 Å². The van der Waals surface area contributed by atoms with Crippen LogP contribution >= 0.6 is 15.9 Å². The van der Waals surface area contributed by atoms with E-state index in [-0.39, 0.29) is 12.0 Å². The Kier molecular flexibility index (Phi) is 4.28. The molecule has 126 valence electrons. The molecule has 4 rings (SSSR count). The van der Waals surface area contributed by atoms with E-state index in [9.17, 15) is 4.79 Å². The molecule has 0 saturated heterocycles. The van der Waals surface area contributed by atoms with Crippen molar-refractivity contribution in [2.24, 2.45) is 0 Å². The third-order valence-electron chi connectivity index (χ3n) is 4.13. The molecule has 1 aliphatic heterocycles. The van der Waals surface area contributed by atoms with E-state index in [2.05, 4.69) is 32.4 Å². The molecule has 0 spiro atoms. The van der Waals surface area contributed by atoms with Crippen molar-refractivity contribution in [2.45, 2.75) is 12.5 Å². The normalized spacial score (nSPS) is 15.5. The zero-order valence-electron chi connectivity index (χ0n) is 13.4. The number of carbonyl (C=O) groups is 1. The standard InChI is InChI=1S/C19H16BrN3O2/c20-15-10-22-23(12-15)16-6-3-5-14(8-16)19(24)21-11-17-9-13-4-1-2-7-18(13)25-17/h1-8,10,12,17H,9,11H2,(H,21,24). The monoisotopic (exact) mass is 397 g/mol. The minimum Gasteiger partial charge on any atom is -0.488 e. The summed E-state index contributed by atoms with van der Waals surface area (Å²) >= 11 is 3.38. The highest BCUT2D eigenvalue weighted by atomic mass is 79.9. The number of fused-ring (bicyclic) bond motifs is 1. The largest absolute Gasteiger partial charge is 0.488 e. The zero-order valence-corrected chi connectivity index (χ0v) is 14.9. The molecule has 0 radical (unpaired) electrons. The van der Waals surface area contributed by atoms with Crippen molar-refractivity contribution < 1.29 is 9.53 Å². The number of nitrogens with zero attached hydrogens (tertiary/aromatic N) is 2. The van der Waals surface area contributed by atoms with E-state index < -0.39 is 0 Å². The maximum atomic E-state index is 12.5. The molecule has 1 unspecified atom stereocenters. The number of aromatic nitrogens is 2. The van der Waals surface area contributed by atoms with E-state index in [1.165, 1.54) is 5.56 Å². The first-order valence-corrected chi connectivity index (χ1v) is 8.82. The molecule has 0 bridgehead atoms. The Bertz CT molecular complexity index is 897. The number of ether oxygens (including phenoxy) is 1. The van der Waals surface area contributed by atoms with E-state index in [0.717, 1.165) is 22.3 Å². The molecule has 25 heavy (non-hydrogen) atoms. The van der Waals surface area contributed by atoms with E-state index in [4.69, 9.17) is 4.74 Å². The molecule has 2 aromatic carbocycles. The van der Waals surface area contributed by atoms with Gasteiger partial charge in [0.1, 0.15) is 11.9 Å². The lowest BCUT2D eigenvalue weighted by Gasteiger charge is -2.12. The van der Waals surface area contributed by atoms with Gasteiger partial charge in [-0.15, -0.1) is 0 Å². The predicted molar refractivity (Wildman–Crippen MR) is 98.2 cm³/mol. The van der Waals surface area contributed by atoms with Crippen LogP contribution in [0.15, 0.2) is 65.4 Å². The van der Waals surface area contributed by atoms with Gasteiger partial charge in [0.2, 0.25) is 0 Å². The molecule has 1 atom stereocenters. The number of para-hydroxylation sites is 1. The molecule has 2 heterocycles. The van der Waals surface area contributed by atoms with Gasteiger partial charge in [0.25, 0.3) is 5.91 Å². The van der Waals surface area contributed by atoms with Gasteiger partial charge in [0.05, 0.1) is 22.9 Å². The molecular weight excluding hydrogens is 382 g/mol. The van der Waals surface area contributed by atoms with Gasteiger partial charge in [-0.25, -0.2) is 4.68 Å². The van der Waals surface area contributed by atoms with E-state index in [1.54, 1.807) is 16.9 Å². The highest BCUT2D eigenvalue weighted by molar-refractivity contribution is 9.10. The fraction of sp³-hybridized carbons (Fsp3) is 0.158. The third-order valence-corrected chi connectivity index (χ3v) is 4.54. The van der Waals surface area contributed by atoms with Gasteiger partial charge in [-0.3, -0.25) is 4.79 Å². The van der Waals surface area contributed by atoms with Crippen molar-refractivity contribution in [2.75, 3.05) is 6.54 Å². The summed E-state index contributed by atoms with van der Waals surface area (Å²) in [6, 6.07) is 15.3. The van der Waals surface area contributed by atoms with Gasteiger partial charge in [0, 0.05) is 18.2 Å². The van der Waals surface area contributed by atoms with E-state index >= 15 is 0 Å². The second kappa shape index (κ2) is 6.72. The van der Waals surface area contributed by atoms with Crippen LogP contribution in [0.25, 0.3) is 5.69 Å². The van der Waals surface area contributed by atoms with Crippen molar-refractivity contribution in [3.05, 3.63) is 76.5 Å². The maximum absolute atomic E-state index is 12.5. The van der Waals surface area contributed by atoms with Crippen molar-refractivity contribution >= 4 is 21.8 Å². The molecule has 3 aromatic rings. The summed E-state index contributed by atoms with van der Waals surface area (Å²) in [5.74, 6) is 0.792. The van der Waals surface area contributed by atoms with Crippen LogP contribution in [-0.4, -0.2) is 28.3 Å². The second-order valence-corrected chi connectivity index (χ2v) is 6.83. The Morgan fingerprint density at radius 1 is 1.28 bits per heavy atom. The Labute approximate surface area is 153 Å². The number of hydrogen-bond donors (Lipinski definition) is 1. The van der Waals surface area contributed by atoms with Crippen LogP contribution in [0.2, 0.25) is 0 Å². The summed E-state index contributed by atoms with van der Waals surface area (Å²) in [6.07, 6.45) is 4.35. The predicted octanol–water partition coefficient (Wildman–Crippen LogP) is 3.37. The van der Waals surface area contributed by atoms with Crippen LogP contribution in [-0.2, 0) is 6.42 Å². The molecule has 6 heteroatoms. The van der Waals surface area contributed by atoms with Gasteiger partial charge in [-0.2, -0.15) is 5.10 Å². The summed E-state index contributed by atoms with van der Waals surface area (Å²) in [4.78, 5) is 12.5. The van der Waals surface area contributed by atoms with E-state index in [0.29, 0.717) is 12.1 Å². The first-order valence-electron chi connectivity index (χ1n) is 8.02. The second-order valence-electron chi connectivity index (χ2n) is 5.92. The maximum Gasteiger partial charge on any atom is 0.251 e. The zero-order chi connectivity index (χ0) is 17.2. The lowest BCUT2D eigenvalue weighted by Crippen LogP contribution is -2.34. The Balaban J connectivity index is 1.40. The average molecular weight is 398 g/mol. The summed E-state index contributed by atoms with van der Waals surface area (Å²) in [7, 11) is 0. The number of benzene rings is 2. The molecule has 1 aliphatic rings. The molecular formula is C19H16BrN3O2. The summed E-state index contributed by atoms with van der Waals surface area (Å²) in [5, 5.41) is 7.19. The minimum absolute atomic E-state index is 0.0217. The molecule has 0 saturated carbocycles. The number of nitrogens with one attached hydrogen (secondary N) is 1. The number of hydrogen-bond acceptors (Lipinski definition) is 3. The summed E-state index contributed by atoms with van der Waals surface area (Å²) < 4.78 is 8.46. The first kappa shape index (κ1) is 15.9. The molecule has 1 aromatic heterocycles. The summed E-state index contributed by atoms with van der Waals surface area (Å²) in [6.45, 7) is 0.477. The van der Waals surface area contributed by atoms with Crippen LogP contribution < -0.4 is 10.1 Å².